The summed E-state index contributed by atoms with van der Waals surface area (Å²) in [5, 5.41) is 6.47. The molecule has 1 aliphatic heterocycles. The van der Waals surface area contributed by atoms with Crippen LogP contribution in [-0.2, 0) is 4.79 Å². The minimum Gasteiger partial charge on any atom is -0.353 e. The van der Waals surface area contributed by atoms with Gasteiger partial charge in [-0.15, -0.1) is 11.3 Å². The lowest BCUT2D eigenvalue weighted by molar-refractivity contribution is -0.117. The highest BCUT2D eigenvalue weighted by Crippen LogP contribution is 2.27. The van der Waals surface area contributed by atoms with Crippen LogP contribution in [0.15, 0.2) is 36.1 Å². The van der Waals surface area contributed by atoms with Gasteiger partial charge in [0.1, 0.15) is 22.8 Å². The standard InChI is InChI=1S/C17H17ClN6OS/c18-12-1-2-14(19-9-12)22-15(25)10-23-4-6-24(7-5-23)16-13-3-8-26-17(13)21-11-20-16/h1-3,8-9,11H,4-7,10H2,(H,19,22,25). The van der Waals surface area contributed by atoms with Gasteiger partial charge in [-0.3, -0.25) is 9.69 Å². The summed E-state index contributed by atoms with van der Waals surface area (Å²) in [5.41, 5.74) is 0. The maximum Gasteiger partial charge on any atom is 0.239 e. The Morgan fingerprint density at radius 1 is 1.15 bits per heavy atom. The minimum absolute atomic E-state index is 0.0736. The Morgan fingerprint density at radius 3 is 2.77 bits per heavy atom. The van der Waals surface area contributed by atoms with Crippen LogP contribution in [-0.4, -0.2) is 58.5 Å². The second-order valence-electron chi connectivity index (χ2n) is 6.01. The molecule has 9 heteroatoms. The Morgan fingerprint density at radius 2 is 2.00 bits per heavy atom. The van der Waals surface area contributed by atoms with Crippen LogP contribution >= 0.6 is 22.9 Å². The van der Waals surface area contributed by atoms with Gasteiger partial charge >= 0.3 is 0 Å². The van der Waals surface area contributed by atoms with Gasteiger partial charge in [0.25, 0.3) is 0 Å². The molecular weight excluding hydrogens is 372 g/mol. The smallest absolute Gasteiger partial charge is 0.239 e. The number of rotatable bonds is 4. The number of piperazine rings is 1. The lowest BCUT2D eigenvalue weighted by atomic mass is 10.2. The summed E-state index contributed by atoms with van der Waals surface area (Å²) in [4.78, 5) is 30.4. The molecule has 0 aliphatic carbocycles. The number of amides is 1. The summed E-state index contributed by atoms with van der Waals surface area (Å²) >= 11 is 7.42. The third-order valence-corrected chi connectivity index (χ3v) is 5.32. The number of hydrogen-bond donors (Lipinski definition) is 1. The summed E-state index contributed by atoms with van der Waals surface area (Å²) < 4.78 is 0. The molecule has 26 heavy (non-hydrogen) atoms. The first-order valence-electron chi connectivity index (χ1n) is 8.26. The van der Waals surface area contributed by atoms with E-state index in [9.17, 15) is 4.79 Å². The third-order valence-electron chi connectivity index (χ3n) is 4.27. The van der Waals surface area contributed by atoms with E-state index >= 15 is 0 Å². The molecule has 0 bridgehead atoms. The van der Waals surface area contributed by atoms with E-state index < -0.39 is 0 Å². The van der Waals surface area contributed by atoms with Gasteiger partial charge in [-0.1, -0.05) is 11.6 Å². The Labute approximate surface area is 159 Å². The zero-order valence-corrected chi connectivity index (χ0v) is 15.5. The summed E-state index contributed by atoms with van der Waals surface area (Å²) in [6, 6.07) is 5.46. The number of pyridine rings is 1. The van der Waals surface area contributed by atoms with E-state index in [-0.39, 0.29) is 5.91 Å². The number of nitrogens with one attached hydrogen (secondary N) is 1. The molecule has 0 spiro atoms. The Bertz CT molecular complexity index is 907. The van der Waals surface area contributed by atoms with Crippen molar-refractivity contribution in [2.45, 2.75) is 0 Å². The number of hydrogen-bond acceptors (Lipinski definition) is 7. The summed E-state index contributed by atoms with van der Waals surface area (Å²) in [7, 11) is 0. The Hall–Kier alpha value is -2.29. The molecule has 1 amide bonds. The lowest BCUT2D eigenvalue weighted by Crippen LogP contribution is -2.49. The van der Waals surface area contributed by atoms with Crippen LogP contribution in [0.25, 0.3) is 10.2 Å². The topological polar surface area (TPSA) is 74.2 Å². The molecule has 134 valence electrons. The van der Waals surface area contributed by atoms with Crippen LogP contribution < -0.4 is 10.2 Å². The quantitative estimate of drug-likeness (QED) is 0.740. The van der Waals surface area contributed by atoms with Crippen molar-refractivity contribution >= 4 is 50.7 Å². The monoisotopic (exact) mass is 388 g/mol. The first kappa shape index (κ1) is 17.1. The maximum atomic E-state index is 12.2. The molecule has 4 heterocycles. The van der Waals surface area contributed by atoms with Crippen molar-refractivity contribution in [3.8, 4) is 0 Å². The van der Waals surface area contributed by atoms with Gasteiger partial charge in [0, 0.05) is 32.4 Å². The molecule has 1 fully saturated rings. The third kappa shape index (κ3) is 3.77. The van der Waals surface area contributed by atoms with Crippen molar-refractivity contribution < 1.29 is 4.79 Å². The molecule has 0 aromatic carbocycles. The van der Waals surface area contributed by atoms with Crippen LogP contribution in [0.2, 0.25) is 5.02 Å². The fourth-order valence-electron chi connectivity index (χ4n) is 2.98. The molecule has 7 nitrogen and oxygen atoms in total. The Kier molecular flexibility index (Phi) is 4.96. The number of carbonyl (C=O) groups excluding carboxylic acids is 1. The highest BCUT2D eigenvalue weighted by molar-refractivity contribution is 7.16. The fourth-order valence-corrected chi connectivity index (χ4v) is 3.82. The molecule has 1 aliphatic rings. The van der Waals surface area contributed by atoms with Gasteiger partial charge in [-0.2, -0.15) is 0 Å². The number of halogens is 1. The van der Waals surface area contributed by atoms with E-state index in [1.165, 1.54) is 6.20 Å². The van der Waals surface area contributed by atoms with Crippen molar-refractivity contribution in [3.05, 3.63) is 41.1 Å². The van der Waals surface area contributed by atoms with E-state index in [0.29, 0.717) is 17.4 Å². The molecule has 3 aromatic heterocycles. The molecule has 1 N–H and O–H groups in total. The number of anilines is 2. The summed E-state index contributed by atoms with van der Waals surface area (Å²) in [6.07, 6.45) is 3.13. The zero-order valence-electron chi connectivity index (χ0n) is 13.9. The Balaban J connectivity index is 1.33. The average Bonchev–Trinajstić information content (AvgIpc) is 3.13. The maximum absolute atomic E-state index is 12.2. The van der Waals surface area contributed by atoms with Gasteiger partial charge < -0.3 is 10.2 Å². The van der Waals surface area contributed by atoms with Crippen molar-refractivity contribution in [1.82, 2.24) is 19.9 Å². The number of nitrogens with zero attached hydrogens (tertiary/aromatic N) is 5. The van der Waals surface area contributed by atoms with E-state index in [0.717, 1.165) is 42.2 Å². The molecule has 0 saturated carbocycles. The van der Waals surface area contributed by atoms with Gasteiger partial charge in [-0.05, 0) is 23.6 Å². The highest BCUT2D eigenvalue weighted by Gasteiger charge is 2.21. The zero-order chi connectivity index (χ0) is 17.9. The van der Waals surface area contributed by atoms with Gasteiger partial charge in [0.15, 0.2) is 0 Å². The largest absolute Gasteiger partial charge is 0.353 e. The van der Waals surface area contributed by atoms with Gasteiger partial charge in [0.2, 0.25) is 5.91 Å². The van der Waals surface area contributed by atoms with E-state index in [2.05, 4.69) is 36.1 Å². The van der Waals surface area contributed by atoms with E-state index in [1.807, 2.05) is 5.38 Å². The lowest BCUT2D eigenvalue weighted by Gasteiger charge is -2.35. The summed E-state index contributed by atoms with van der Waals surface area (Å²) in [5.74, 6) is 1.42. The second kappa shape index (κ2) is 7.53. The SMILES string of the molecule is O=C(CN1CCN(c2ncnc3sccc23)CC1)Nc1ccc(Cl)cn1. The van der Waals surface area contributed by atoms with Crippen LogP contribution in [0.5, 0.6) is 0 Å². The van der Waals surface area contributed by atoms with Crippen LogP contribution in [0.1, 0.15) is 0 Å². The first-order chi connectivity index (χ1) is 12.7. The molecule has 4 rings (SSSR count). The van der Waals surface area contributed by atoms with Gasteiger partial charge in [0.05, 0.1) is 17.0 Å². The average molecular weight is 389 g/mol. The number of thiophene rings is 1. The first-order valence-corrected chi connectivity index (χ1v) is 9.52. The van der Waals surface area contributed by atoms with Crippen molar-refractivity contribution in [2.24, 2.45) is 0 Å². The van der Waals surface area contributed by atoms with Crippen molar-refractivity contribution in [2.75, 3.05) is 42.9 Å². The second-order valence-corrected chi connectivity index (χ2v) is 7.34. The van der Waals surface area contributed by atoms with Crippen molar-refractivity contribution in [1.29, 1.82) is 0 Å². The van der Waals surface area contributed by atoms with Crippen molar-refractivity contribution in [3.63, 3.8) is 0 Å². The highest BCUT2D eigenvalue weighted by atomic mass is 35.5. The fraction of sp³-hybridized carbons (Fsp3) is 0.294. The number of fused-ring (bicyclic) bond motifs is 1. The predicted molar refractivity (Wildman–Crippen MR) is 104 cm³/mol. The normalized spacial score (nSPS) is 15.3. The molecule has 0 unspecified atom stereocenters. The minimum atomic E-state index is -0.0736. The summed E-state index contributed by atoms with van der Waals surface area (Å²) in [6.45, 7) is 3.60. The number of aromatic nitrogens is 3. The molecular formula is C17H17ClN6OS. The van der Waals surface area contributed by atoms with Crippen LogP contribution in [0.4, 0.5) is 11.6 Å². The van der Waals surface area contributed by atoms with E-state index in [1.54, 1.807) is 29.8 Å². The molecule has 1 saturated heterocycles. The van der Waals surface area contributed by atoms with E-state index in [4.69, 9.17) is 11.6 Å². The van der Waals surface area contributed by atoms with Crippen LogP contribution in [0.3, 0.4) is 0 Å². The number of carbonyl (C=O) groups is 1. The molecule has 0 radical (unpaired) electrons. The van der Waals surface area contributed by atoms with Crippen LogP contribution in [0, 0.1) is 0 Å². The molecule has 3 aromatic rings. The molecule has 0 atom stereocenters. The predicted octanol–water partition coefficient (Wildman–Crippen LogP) is 2.50. The van der Waals surface area contributed by atoms with Gasteiger partial charge in [-0.25, -0.2) is 15.0 Å².